The first-order valence-electron chi connectivity index (χ1n) is 5.43. The summed E-state index contributed by atoms with van der Waals surface area (Å²) in [7, 11) is 0. The highest BCUT2D eigenvalue weighted by Gasteiger charge is 2.56. The zero-order valence-corrected chi connectivity index (χ0v) is 10.1. The number of unbranched alkanes of at least 4 members (excludes halogenated alkanes) is 2. The minimum absolute atomic E-state index is 0.00937. The van der Waals surface area contributed by atoms with Crippen molar-refractivity contribution in [1.29, 1.82) is 0 Å². The Morgan fingerprint density at radius 1 is 1.17 bits per heavy atom. The second-order valence-electron chi connectivity index (χ2n) is 3.79. The fourth-order valence-electron chi connectivity index (χ4n) is 1.04. The molecule has 0 amide bonds. The number of hydrogen-bond acceptors (Lipinski definition) is 2. The minimum atomic E-state index is -5.71. The quantitative estimate of drug-likeness (QED) is 0.318. The molecule has 0 saturated heterocycles. The average Bonchev–Trinajstić information content (AvgIpc) is 2.21. The van der Waals surface area contributed by atoms with Crippen LogP contribution in [0.25, 0.3) is 0 Å². The van der Waals surface area contributed by atoms with Crippen LogP contribution in [0.1, 0.15) is 33.1 Å². The first kappa shape index (κ1) is 16.9. The van der Waals surface area contributed by atoms with Crippen molar-refractivity contribution in [3.8, 4) is 0 Å². The van der Waals surface area contributed by atoms with Crippen molar-refractivity contribution >= 4 is 5.97 Å². The second-order valence-corrected chi connectivity index (χ2v) is 3.79. The molecule has 0 aliphatic rings. The van der Waals surface area contributed by atoms with Gasteiger partial charge in [-0.25, -0.2) is 4.79 Å². The number of allylic oxidation sites excluding steroid dienone is 1. The van der Waals surface area contributed by atoms with Gasteiger partial charge in [0, 0.05) is 11.6 Å². The van der Waals surface area contributed by atoms with Crippen molar-refractivity contribution in [2.75, 3.05) is 6.61 Å². The first-order chi connectivity index (χ1) is 8.12. The maximum atomic E-state index is 12.6. The van der Waals surface area contributed by atoms with Gasteiger partial charge in [0.1, 0.15) is 0 Å². The van der Waals surface area contributed by atoms with Gasteiger partial charge in [0.05, 0.1) is 6.61 Å². The number of carbonyl (C=O) groups excluding carboxylic acids is 1. The lowest BCUT2D eigenvalue weighted by Gasteiger charge is -2.16. The van der Waals surface area contributed by atoms with Crippen LogP contribution in [-0.2, 0) is 9.53 Å². The van der Waals surface area contributed by atoms with E-state index in [2.05, 4.69) is 4.74 Å². The van der Waals surface area contributed by atoms with Gasteiger partial charge in [-0.2, -0.15) is 22.0 Å². The van der Waals surface area contributed by atoms with E-state index in [0.717, 1.165) is 19.8 Å². The number of alkyl halides is 5. The van der Waals surface area contributed by atoms with Crippen LogP contribution in [0.4, 0.5) is 22.0 Å². The molecule has 0 aliphatic heterocycles. The Morgan fingerprint density at radius 2 is 1.72 bits per heavy atom. The number of carbonyl (C=O) groups is 1. The SMILES string of the molecule is CCCCCOC(=O)C(C)=CC(F)(F)C(F)(F)F. The topological polar surface area (TPSA) is 26.3 Å². The van der Waals surface area contributed by atoms with Gasteiger partial charge in [-0.1, -0.05) is 19.8 Å². The molecule has 0 unspecified atom stereocenters. The van der Waals surface area contributed by atoms with E-state index >= 15 is 0 Å². The van der Waals surface area contributed by atoms with Crippen LogP contribution < -0.4 is 0 Å². The smallest absolute Gasteiger partial charge is 0.457 e. The van der Waals surface area contributed by atoms with E-state index < -0.39 is 29.7 Å². The molecule has 0 spiro atoms. The summed E-state index contributed by atoms with van der Waals surface area (Å²) >= 11 is 0. The summed E-state index contributed by atoms with van der Waals surface area (Å²) in [4.78, 5) is 11.1. The zero-order valence-electron chi connectivity index (χ0n) is 10.1. The van der Waals surface area contributed by atoms with Crippen LogP contribution in [0.15, 0.2) is 11.6 Å². The van der Waals surface area contributed by atoms with Crippen molar-refractivity contribution in [2.24, 2.45) is 0 Å². The molecule has 7 heteroatoms. The van der Waals surface area contributed by atoms with E-state index in [-0.39, 0.29) is 6.61 Å². The second kappa shape index (κ2) is 6.70. The lowest BCUT2D eigenvalue weighted by Crippen LogP contribution is -2.35. The van der Waals surface area contributed by atoms with Crippen molar-refractivity contribution < 1.29 is 31.5 Å². The van der Waals surface area contributed by atoms with Gasteiger partial charge in [0.15, 0.2) is 0 Å². The summed E-state index contributed by atoms with van der Waals surface area (Å²) in [5.41, 5.74) is -0.756. The van der Waals surface area contributed by atoms with Crippen molar-refractivity contribution in [3.05, 3.63) is 11.6 Å². The maximum Gasteiger partial charge on any atom is 0.457 e. The standard InChI is InChI=1S/C11H15F5O2/c1-3-4-5-6-18-9(17)8(2)7-10(12,13)11(14,15)16/h7H,3-6H2,1-2H3. The molecule has 0 heterocycles. The summed E-state index contributed by atoms with van der Waals surface area (Å²) in [6, 6.07) is 0. The molecule has 0 bridgehead atoms. The van der Waals surface area contributed by atoms with E-state index in [4.69, 9.17) is 0 Å². The molecule has 0 N–H and O–H groups in total. The molecule has 0 aromatic rings. The number of hydrogen-bond donors (Lipinski definition) is 0. The van der Waals surface area contributed by atoms with Crippen molar-refractivity contribution in [1.82, 2.24) is 0 Å². The third kappa shape index (κ3) is 5.46. The third-order valence-electron chi connectivity index (χ3n) is 2.08. The molecule has 0 aliphatic carbocycles. The predicted octanol–water partition coefficient (Wildman–Crippen LogP) is 3.86. The molecule has 0 atom stereocenters. The van der Waals surface area contributed by atoms with Crippen LogP contribution >= 0.6 is 0 Å². The van der Waals surface area contributed by atoms with E-state index in [1.54, 1.807) is 0 Å². The first-order valence-corrected chi connectivity index (χ1v) is 5.43. The lowest BCUT2D eigenvalue weighted by molar-refractivity contribution is -0.259. The summed E-state index contributed by atoms with van der Waals surface area (Å²) in [6.45, 7) is 2.79. The van der Waals surface area contributed by atoms with Gasteiger partial charge in [0.2, 0.25) is 0 Å². The molecule has 0 aromatic carbocycles. The van der Waals surface area contributed by atoms with Gasteiger partial charge in [-0.15, -0.1) is 0 Å². The summed E-state index contributed by atoms with van der Waals surface area (Å²) in [5.74, 6) is -6.19. The Bertz CT molecular complexity index is 307. The van der Waals surface area contributed by atoms with Crippen LogP contribution in [0.2, 0.25) is 0 Å². The number of esters is 1. The highest BCUT2D eigenvalue weighted by Crippen LogP contribution is 2.37. The van der Waals surface area contributed by atoms with Gasteiger partial charge < -0.3 is 4.74 Å². The van der Waals surface area contributed by atoms with Crippen LogP contribution in [0.3, 0.4) is 0 Å². The molecular formula is C11H15F5O2. The van der Waals surface area contributed by atoms with E-state index in [1.165, 1.54) is 0 Å². The Balaban J connectivity index is 4.45. The third-order valence-corrected chi connectivity index (χ3v) is 2.08. The van der Waals surface area contributed by atoms with Crippen LogP contribution in [0.5, 0.6) is 0 Å². The fraction of sp³-hybridized carbons (Fsp3) is 0.727. The largest absolute Gasteiger partial charge is 0.462 e. The van der Waals surface area contributed by atoms with Crippen molar-refractivity contribution in [2.45, 2.75) is 45.2 Å². The van der Waals surface area contributed by atoms with Gasteiger partial charge in [-0.05, 0) is 13.3 Å². The summed E-state index contributed by atoms with van der Waals surface area (Å²) < 4.78 is 65.3. The fourth-order valence-corrected chi connectivity index (χ4v) is 1.04. The molecule has 0 aromatic heterocycles. The number of rotatable bonds is 6. The van der Waals surface area contributed by atoms with E-state index in [9.17, 15) is 26.7 Å². The van der Waals surface area contributed by atoms with Crippen LogP contribution in [-0.4, -0.2) is 24.7 Å². The molecule has 18 heavy (non-hydrogen) atoms. The van der Waals surface area contributed by atoms with Gasteiger partial charge >= 0.3 is 18.1 Å². The highest BCUT2D eigenvalue weighted by molar-refractivity contribution is 5.87. The highest BCUT2D eigenvalue weighted by atomic mass is 19.4. The van der Waals surface area contributed by atoms with Crippen LogP contribution in [0, 0.1) is 0 Å². The summed E-state index contributed by atoms with van der Waals surface area (Å²) in [6.07, 6.45) is -3.93. The molecular weight excluding hydrogens is 259 g/mol. The zero-order chi connectivity index (χ0) is 14.4. The Kier molecular flexibility index (Phi) is 6.28. The molecule has 0 fully saturated rings. The minimum Gasteiger partial charge on any atom is -0.462 e. The average molecular weight is 274 g/mol. The molecule has 0 rings (SSSR count). The molecule has 0 radical (unpaired) electrons. The van der Waals surface area contributed by atoms with Gasteiger partial charge in [-0.3, -0.25) is 0 Å². The predicted molar refractivity (Wildman–Crippen MR) is 55.2 cm³/mol. The van der Waals surface area contributed by atoms with E-state index in [0.29, 0.717) is 6.42 Å². The normalized spacial score (nSPS) is 13.6. The maximum absolute atomic E-state index is 12.6. The molecule has 106 valence electrons. The molecule has 0 saturated carbocycles. The van der Waals surface area contributed by atoms with E-state index in [1.807, 2.05) is 6.92 Å². The Labute approximate surface area is 102 Å². The van der Waals surface area contributed by atoms with Gasteiger partial charge in [0.25, 0.3) is 0 Å². The number of ether oxygens (including phenoxy) is 1. The molecule has 2 nitrogen and oxygen atoms in total. The van der Waals surface area contributed by atoms with Crippen molar-refractivity contribution in [3.63, 3.8) is 0 Å². The Morgan fingerprint density at radius 3 is 2.17 bits per heavy atom. The summed E-state index contributed by atoms with van der Waals surface area (Å²) in [5, 5.41) is 0. The lowest BCUT2D eigenvalue weighted by atomic mass is 10.2. The monoisotopic (exact) mass is 274 g/mol. The number of halogens is 5. The Hall–Kier alpha value is -1.14.